The Morgan fingerprint density at radius 1 is 1.48 bits per heavy atom. The van der Waals surface area contributed by atoms with Crippen LogP contribution in [0, 0.1) is 18.2 Å². The zero-order valence-electron chi connectivity index (χ0n) is 12.8. The molecule has 1 amide bonds. The number of amides is 1. The molecule has 0 radical (unpaired) electrons. The van der Waals surface area contributed by atoms with E-state index in [0.717, 1.165) is 13.0 Å². The highest BCUT2D eigenvalue weighted by atomic mass is 35.5. The van der Waals surface area contributed by atoms with Crippen LogP contribution in [0.15, 0.2) is 18.2 Å². The van der Waals surface area contributed by atoms with E-state index in [9.17, 15) is 9.18 Å². The molecule has 118 valence electrons. The lowest BCUT2D eigenvalue weighted by Crippen LogP contribution is -2.52. The third-order valence-electron chi connectivity index (χ3n) is 4.23. The van der Waals surface area contributed by atoms with Gasteiger partial charge in [-0.15, -0.1) is 12.4 Å². The lowest BCUT2D eigenvalue weighted by molar-refractivity contribution is 0.0928. The number of hydrogen-bond acceptors (Lipinski definition) is 2. The lowest BCUT2D eigenvalue weighted by Gasteiger charge is -2.39. The minimum atomic E-state index is -0.311. The summed E-state index contributed by atoms with van der Waals surface area (Å²) in [7, 11) is 0. The van der Waals surface area contributed by atoms with Gasteiger partial charge in [-0.3, -0.25) is 4.79 Å². The van der Waals surface area contributed by atoms with E-state index in [4.69, 9.17) is 0 Å². The molecule has 2 N–H and O–H groups in total. The van der Waals surface area contributed by atoms with Gasteiger partial charge in [0.25, 0.3) is 5.91 Å². The van der Waals surface area contributed by atoms with Crippen molar-refractivity contribution < 1.29 is 9.18 Å². The summed E-state index contributed by atoms with van der Waals surface area (Å²) in [6.45, 7) is 7.79. The molecule has 1 fully saturated rings. The Morgan fingerprint density at radius 3 is 2.81 bits per heavy atom. The second-order valence-electron chi connectivity index (χ2n) is 6.27. The Morgan fingerprint density at radius 2 is 2.19 bits per heavy atom. The number of rotatable bonds is 3. The number of carbonyl (C=O) groups is 1. The first kappa shape index (κ1) is 17.9. The van der Waals surface area contributed by atoms with Crippen LogP contribution in [-0.4, -0.2) is 25.0 Å². The van der Waals surface area contributed by atoms with E-state index in [1.807, 2.05) is 0 Å². The molecule has 1 aromatic carbocycles. The van der Waals surface area contributed by atoms with E-state index < -0.39 is 0 Å². The topological polar surface area (TPSA) is 41.1 Å². The van der Waals surface area contributed by atoms with Gasteiger partial charge < -0.3 is 10.6 Å². The predicted molar refractivity (Wildman–Crippen MR) is 85.5 cm³/mol. The molecule has 1 heterocycles. The molecule has 0 spiro atoms. The molecule has 1 aliphatic rings. The maximum Gasteiger partial charge on any atom is 0.251 e. The van der Waals surface area contributed by atoms with Crippen LogP contribution in [0.3, 0.4) is 0 Å². The highest BCUT2D eigenvalue weighted by molar-refractivity contribution is 5.95. The summed E-state index contributed by atoms with van der Waals surface area (Å²) >= 11 is 0. The van der Waals surface area contributed by atoms with Crippen LogP contribution in [0.5, 0.6) is 0 Å². The van der Waals surface area contributed by atoms with Crippen LogP contribution in [0.4, 0.5) is 4.39 Å². The van der Waals surface area contributed by atoms with Gasteiger partial charge in [0.05, 0.1) is 0 Å². The van der Waals surface area contributed by atoms with Crippen molar-refractivity contribution in [2.45, 2.75) is 39.7 Å². The van der Waals surface area contributed by atoms with Gasteiger partial charge in [0.15, 0.2) is 0 Å². The number of piperidine rings is 1. The zero-order chi connectivity index (χ0) is 14.8. The van der Waals surface area contributed by atoms with Gasteiger partial charge in [-0.05, 0) is 55.5 Å². The van der Waals surface area contributed by atoms with E-state index in [-0.39, 0.29) is 35.6 Å². The molecule has 2 rings (SSSR count). The SMILES string of the molecule is Cc1cc(F)ccc1C(=O)NCC1NCCCC1(C)C.Cl. The number of carbonyl (C=O) groups excluding carboxylic acids is 1. The van der Waals surface area contributed by atoms with Crippen molar-refractivity contribution >= 4 is 18.3 Å². The van der Waals surface area contributed by atoms with Crippen LogP contribution < -0.4 is 10.6 Å². The first-order chi connectivity index (χ1) is 9.40. The number of benzene rings is 1. The fraction of sp³-hybridized carbons (Fsp3) is 0.562. The molecule has 5 heteroatoms. The van der Waals surface area contributed by atoms with E-state index in [2.05, 4.69) is 24.5 Å². The van der Waals surface area contributed by atoms with Gasteiger partial charge in [-0.1, -0.05) is 13.8 Å². The monoisotopic (exact) mass is 314 g/mol. The van der Waals surface area contributed by atoms with Crippen LogP contribution >= 0.6 is 12.4 Å². The number of aryl methyl sites for hydroxylation is 1. The normalized spacial score (nSPS) is 20.5. The van der Waals surface area contributed by atoms with Crippen molar-refractivity contribution in [1.29, 1.82) is 0 Å². The highest BCUT2D eigenvalue weighted by Gasteiger charge is 2.32. The van der Waals surface area contributed by atoms with Gasteiger partial charge in [0, 0.05) is 18.2 Å². The van der Waals surface area contributed by atoms with E-state index in [1.165, 1.54) is 18.6 Å². The molecule has 1 aliphatic heterocycles. The first-order valence-corrected chi connectivity index (χ1v) is 7.18. The van der Waals surface area contributed by atoms with E-state index in [1.54, 1.807) is 13.0 Å². The van der Waals surface area contributed by atoms with Crippen LogP contribution in [0.25, 0.3) is 0 Å². The molecule has 0 aromatic heterocycles. The maximum atomic E-state index is 13.0. The Balaban J connectivity index is 0.00000220. The van der Waals surface area contributed by atoms with Crippen molar-refractivity contribution in [3.63, 3.8) is 0 Å². The lowest BCUT2D eigenvalue weighted by atomic mass is 9.77. The van der Waals surface area contributed by atoms with Crippen LogP contribution in [0.1, 0.15) is 42.6 Å². The van der Waals surface area contributed by atoms with Crippen molar-refractivity contribution in [2.24, 2.45) is 5.41 Å². The van der Waals surface area contributed by atoms with Gasteiger partial charge in [0.1, 0.15) is 5.82 Å². The van der Waals surface area contributed by atoms with Gasteiger partial charge in [0.2, 0.25) is 0 Å². The average molecular weight is 315 g/mol. The summed E-state index contributed by atoms with van der Waals surface area (Å²) < 4.78 is 13.0. The number of hydrogen-bond donors (Lipinski definition) is 2. The molecule has 1 atom stereocenters. The van der Waals surface area contributed by atoms with Crippen molar-refractivity contribution in [3.05, 3.63) is 35.1 Å². The van der Waals surface area contributed by atoms with Gasteiger partial charge in [-0.2, -0.15) is 0 Å². The fourth-order valence-corrected chi connectivity index (χ4v) is 2.79. The minimum Gasteiger partial charge on any atom is -0.350 e. The fourth-order valence-electron chi connectivity index (χ4n) is 2.79. The van der Waals surface area contributed by atoms with Crippen molar-refractivity contribution in [2.75, 3.05) is 13.1 Å². The van der Waals surface area contributed by atoms with E-state index >= 15 is 0 Å². The third-order valence-corrected chi connectivity index (χ3v) is 4.23. The molecule has 0 saturated carbocycles. The van der Waals surface area contributed by atoms with Crippen LogP contribution in [-0.2, 0) is 0 Å². The Kier molecular flexibility index (Phi) is 6.17. The molecule has 0 bridgehead atoms. The molecular formula is C16H24ClFN2O. The van der Waals surface area contributed by atoms with Gasteiger partial charge >= 0.3 is 0 Å². The summed E-state index contributed by atoms with van der Waals surface area (Å²) in [5, 5.41) is 6.43. The third kappa shape index (κ3) is 4.42. The van der Waals surface area contributed by atoms with Crippen molar-refractivity contribution in [3.8, 4) is 0 Å². The standard InChI is InChI=1S/C16H23FN2O.ClH/c1-11-9-12(17)5-6-13(11)15(20)19-10-14-16(2,3)7-4-8-18-14;/h5-6,9,14,18H,4,7-8,10H2,1-3H3,(H,19,20);1H. The summed E-state index contributed by atoms with van der Waals surface area (Å²) in [5.74, 6) is -0.445. The molecule has 21 heavy (non-hydrogen) atoms. The Labute approximate surface area is 132 Å². The number of halogens is 2. The maximum absolute atomic E-state index is 13.0. The van der Waals surface area contributed by atoms with Crippen LogP contribution in [0.2, 0.25) is 0 Å². The van der Waals surface area contributed by atoms with Gasteiger partial charge in [-0.25, -0.2) is 4.39 Å². The highest BCUT2D eigenvalue weighted by Crippen LogP contribution is 2.29. The minimum absolute atomic E-state index is 0. The smallest absolute Gasteiger partial charge is 0.251 e. The summed E-state index contributed by atoms with van der Waals surface area (Å²) in [5.41, 5.74) is 1.39. The molecule has 1 unspecified atom stereocenters. The molecule has 1 saturated heterocycles. The molecule has 0 aliphatic carbocycles. The first-order valence-electron chi connectivity index (χ1n) is 7.18. The largest absolute Gasteiger partial charge is 0.350 e. The summed E-state index contributed by atoms with van der Waals surface area (Å²) in [4.78, 5) is 12.2. The summed E-state index contributed by atoms with van der Waals surface area (Å²) in [6, 6.07) is 4.53. The Bertz CT molecular complexity index is 505. The summed E-state index contributed by atoms with van der Waals surface area (Å²) in [6.07, 6.45) is 2.34. The Hall–Kier alpha value is -1.13. The molecule has 3 nitrogen and oxygen atoms in total. The molecular weight excluding hydrogens is 291 g/mol. The van der Waals surface area contributed by atoms with Crippen molar-refractivity contribution in [1.82, 2.24) is 10.6 Å². The zero-order valence-corrected chi connectivity index (χ0v) is 13.6. The second kappa shape index (κ2) is 7.23. The average Bonchev–Trinajstić information content (AvgIpc) is 2.36. The quantitative estimate of drug-likeness (QED) is 0.900. The number of nitrogens with one attached hydrogen (secondary N) is 2. The predicted octanol–water partition coefficient (Wildman–Crippen LogP) is 3.06. The molecule has 1 aromatic rings. The second-order valence-corrected chi connectivity index (χ2v) is 6.27. The van der Waals surface area contributed by atoms with E-state index in [0.29, 0.717) is 17.7 Å².